The molecule has 1 aliphatic rings. The molecule has 0 aliphatic heterocycles. The summed E-state index contributed by atoms with van der Waals surface area (Å²) in [7, 11) is 0. The van der Waals surface area contributed by atoms with Gasteiger partial charge in [0.2, 0.25) is 0 Å². The molecule has 1 fully saturated rings. The molecule has 2 N–H and O–H groups in total. The minimum absolute atomic E-state index is 0.145. The van der Waals surface area contributed by atoms with Crippen molar-refractivity contribution in [3.05, 3.63) is 0 Å². The van der Waals surface area contributed by atoms with Gasteiger partial charge in [0, 0.05) is 6.42 Å². The summed E-state index contributed by atoms with van der Waals surface area (Å²) in [6.45, 7) is 0.193. The SMILES string of the molecule is NCC1CC1CC(F)(F)C(F)(F)F. The second kappa shape index (κ2) is 3.08. The Hall–Kier alpha value is -0.390. The fourth-order valence-corrected chi connectivity index (χ4v) is 1.29. The van der Waals surface area contributed by atoms with Crippen molar-refractivity contribution >= 4 is 0 Å². The zero-order chi connectivity index (χ0) is 10.3. The van der Waals surface area contributed by atoms with Gasteiger partial charge in [-0.1, -0.05) is 0 Å². The quantitative estimate of drug-likeness (QED) is 0.699. The molecule has 0 radical (unpaired) electrons. The maximum absolute atomic E-state index is 12.4. The van der Waals surface area contributed by atoms with Crippen molar-refractivity contribution in [2.24, 2.45) is 17.6 Å². The predicted molar refractivity (Wildman–Crippen MR) is 36.3 cm³/mol. The summed E-state index contributed by atoms with van der Waals surface area (Å²) in [5, 5.41) is 0. The zero-order valence-electron chi connectivity index (χ0n) is 6.74. The molecule has 6 heteroatoms. The molecule has 78 valence electrons. The van der Waals surface area contributed by atoms with Crippen LogP contribution in [0, 0.1) is 11.8 Å². The van der Waals surface area contributed by atoms with E-state index in [0.717, 1.165) is 0 Å². The standard InChI is InChI=1S/C7H10F5N/c8-6(9,7(10,11)12)2-4-1-5(4)3-13/h4-5H,1-3,13H2. The van der Waals surface area contributed by atoms with Gasteiger partial charge in [0.25, 0.3) is 0 Å². The van der Waals surface area contributed by atoms with Crippen LogP contribution in [0.25, 0.3) is 0 Å². The second-order valence-electron chi connectivity index (χ2n) is 3.40. The van der Waals surface area contributed by atoms with Crippen molar-refractivity contribution in [2.45, 2.75) is 24.9 Å². The molecule has 0 spiro atoms. The highest BCUT2D eigenvalue weighted by Crippen LogP contribution is 2.49. The summed E-state index contributed by atoms with van der Waals surface area (Å²) < 4.78 is 59.7. The molecule has 0 bridgehead atoms. The fraction of sp³-hybridized carbons (Fsp3) is 1.00. The highest BCUT2D eigenvalue weighted by molar-refractivity contribution is 4.92. The van der Waals surface area contributed by atoms with Crippen LogP contribution in [0.15, 0.2) is 0 Å². The Morgan fingerprint density at radius 2 is 1.62 bits per heavy atom. The molecule has 1 rings (SSSR count). The molecule has 0 amide bonds. The van der Waals surface area contributed by atoms with Crippen LogP contribution < -0.4 is 5.73 Å². The van der Waals surface area contributed by atoms with E-state index in [1.165, 1.54) is 0 Å². The van der Waals surface area contributed by atoms with Crippen LogP contribution in [0.5, 0.6) is 0 Å². The Morgan fingerprint density at radius 1 is 1.08 bits per heavy atom. The van der Waals surface area contributed by atoms with Crippen LogP contribution in [0.1, 0.15) is 12.8 Å². The van der Waals surface area contributed by atoms with Gasteiger partial charge in [0.15, 0.2) is 0 Å². The maximum Gasteiger partial charge on any atom is 0.453 e. The second-order valence-corrected chi connectivity index (χ2v) is 3.40. The van der Waals surface area contributed by atoms with Gasteiger partial charge in [-0.3, -0.25) is 0 Å². The highest BCUT2D eigenvalue weighted by Gasteiger charge is 2.60. The number of nitrogens with two attached hydrogens (primary N) is 1. The first-order valence-corrected chi connectivity index (χ1v) is 3.92. The van der Waals surface area contributed by atoms with E-state index in [1.807, 2.05) is 0 Å². The highest BCUT2D eigenvalue weighted by atomic mass is 19.4. The van der Waals surface area contributed by atoms with Crippen LogP contribution in [0.4, 0.5) is 22.0 Å². The van der Waals surface area contributed by atoms with Crippen molar-refractivity contribution in [1.82, 2.24) is 0 Å². The summed E-state index contributed by atoms with van der Waals surface area (Å²) in [6.07, 6.45) is -6.14. The smallest absolute Gasteiger partial charge is 0.330 e. The van der Waals surface area contributed by atoms with Crippen LogP contribution in [0.2, 0.25) is 0 Å². The molecule has 0 aromatic heterocycles. The molecule has 0 aromatic rings. The monoisotopic (exact) mass is 203 g/mol. The fourth-order valence-electron chi connectivity index (χ4n) is 1.29. The summed E-state index contributed by atoms with van der Waals surface area (Å²) in [5.41, 5.74) is 5.13. The minimum atomic E-state index is -5.42. The van der Waals surface area contributed by atoms with Gasteiger partial charge in [-0.15, -0.1) is 0 Å². The van der Waals surface area contributed by atoms with Gasteiger partial charge in [-0.05, 0) is 24.8 Å². The normalized spacial score (nSPS) is 29.1. The summed E-state index contributed by atoms with van der Waals surface area (Å²) in [4.78, 5) is 0. The van der Waals surface area contributed by atoms with Gasteiger partial charge in [-0.25, -0.2) is 0 Å². The molecule has 13 heavy (non-hydrogen) atoms. The van der Waals surface area contributed by atoms with Crippen molar-refractivity contribution < 1.29 is 22.0 Å². The van der Waals surface area contributed by atoms with Gasteiger partial charge in [-0.2, -0.15) is 22.0 Å². The Labute approximate surface area is 72.1 Å². The van der Waals surface area contributed by atoms with Crippen LogP contribution in [0.3, 0.4) is 0 Å². The number of rotatable bonds is 3. The number of hydrogen-bond donors (Lipinski definition) is 1. The molecule has 2 atom stereocenters. The average molecular weight is 203 g/mol. The Balaban J connectivity index is 2.44. The van der Waals surface area contributed by atoms with Crippen LogP contribution >= 0.6 is 0 Å². The lowest BCUT2D eigenvalue weighted by molar-refractivity contribution is -0.286. The van der Waals surface area contributed by atoms with Crippen molar-refractivity contribution in [3.8, 4) is 0 Å². The zero-order valence-corrected chi connectivity index (χ0v) is 6.74. The minimum Gasteiger partial charge on any atom is -0.330 e. The summed E-state index contributed by atoms with van der Waals surface area (Å²) >= 11 is 0. The van der Waals surface area contributed by atoms with E-state index in [-0.39, 0.29) is 12.5 Å². The largest absolute Gasteiger partial charge is 0.453 e. The van der Waals surface area contributed by atoms with E-state index >= 15 is 0 Å². The van der Waals surface area contributed by atoms with Crippen molar-refractivity contribution in [2.75, 3.05) is 6.54 Å². The number of alkyl halides is 5. The average Bonchev–Trinajstić information content (AvgIpc) is 2.63. The Bertz CT molecular complexity index is 188. The third-order valence-electron chi connectivity index (χ3n) is 2.31. The van der Waals surface area contributed by atoms with E-state index < -0.39 is 24.4 Å². The Kier molecular flexibility index (Phi) is 2.53. The van der Waals surface area contributed by atoms with Gasteiger partial charge in [0.1, 0.15) is 0 Å². The first-order chi connectivity index (χ1) is 5.78. The first-order valence-electron chi connectivity index (χ1n) is 3.92. The summed E-state index contributed by atoms with van der Waals surface area (Å²) in [6, 6.07) is 0. The number of hydrogen-bond acceptors (Lipinski definition) is 1. The van der Waals surface area contributed by atoms with Crippen molar-refractivity contribution in [1.29, 1.82) is 0 Å². The lowest BCUT2D eigenvalue weighted by atomic mass is 10.1. The van der Waals surface area contributed by atoms with Gasteiger partial charge < -0.3 is 5.73 Å². The molecular formula is C7H10F5N. The first kappa shape index (κ1) is 10.7. The number of halogens is 5. The molecule has 1 aliphatic carbocycles. The molecule has 2 unspecified atom stereocenters. The maximum atomic E-state index is 12.4. The third kappa shape index (κ3) is 2.30. The van der Waals surface area contributed by atoms with E-state index in [2.05, 4.69) is 0 Å². The lowest BCUT2D eigenvalue weighted by Gasteiger charge is -2.19. The lowest BCUT2D eigenvalue weighted by Crippen LogP contribution is -2.37. The van der Waals surface area contributed by atoms with E-state index in [0.29, 0.717) is 6.42 Å². The van der Waals surface area contributed by atoms with E-state index in [1.54, 1.807) is 0 Å². The molecule has 0 heterocycles. The predicted octanol–water partition coefficient (Wildman–Crippen LogP) is 2.17. The van der Waals surface area contributed by atoms with Crippen molar-refractivity contribution in [3.63, 3.8) is 0 Å². The summed E-state index contributed by atoms with van der Waals surface area (Å²) in [5.74, 6) is -5.25. The van der Waals surface area contributed by atoms with E-state index in [4.69, 9.17) is 5.73 Å². The molecule has 0 aromatic carbocycles. The molecular weight excluding hydrogens is 193 g/mol. The molecule has 0 saturated heterocycles. The Morgan fingerprint density at radius 3 is 1.92 bits per heavy atom. The molecule has 1 saturated carbocycles. The molecule has 1 nitrogen and oxygen atoms in total. The van der Waals surface area contributed by atoms with E-state index in [9.17, 15) is 22.0 Å². The van der Waals surface area contributed by atoms with Crippen LogP contribution in [-0.2, 0) is 0 Å². The topological polar surface area (TPSA) is 26.0 Å². The van der Waals surface area contributed by atoms with Gasteiger partial charge >= 0.3 is 12.1 Å². The third-order valence-corrected chi connectivity index (χ3v) is 2.31. The van der Waals surface area contributed by atoms with Crippen LogP contribution in [-0.4, -0.2) is 18.6 Å². The van der Waals surface area contributed by atoms with Gasteiger partial charge in [0.05, 0.1) is 0 Å².